The molecule has 2 aliphatic rings. The fourth-order valence-corrected chi connectivity index (χ4v) is 4.04. The average molecular weight is 238 g/mol. The van der Waals surface area contributed by atoms with E-state index in [0.717, 1.165) is 12.8 Å². The lowest BCUT2D eigenvalue weighted by molar-refractivity contribution is 0.117. The van der Waals surface area contributed by atoms with Crippen LogP contribution in [0.2, 0.25) is 0 Å². The Morgan fingerprint density at radius 2 is 2.00 bits per heavy atom. The van der Waals surface area contributed by atoms with E-state index in [9.17, 15) is 10.2 Å². The van der Waals surface area contributed by atoms with Crippen LogP contribution in [0.5, 0.6) is 0 Å². The van der Waals surface area contributed by atoms with Crippen LogP contribution in [0.25, 0.3) is 0 Å². The number of hydrogen-bond acceptors (Lipinski definition) is 2. The van der Waals surface area contributed by atoms with Gasteiger partial charge in [-0.05, 0) is 61.3 Å². The Labute approximate surface area is 105 Å². The predicted octanol–water partition coefficient (Wildman–Crippen LogP) is 2.75. The highest BCUT2D eigenvalue weighted by molar-refractivity contribution is 5.23. The largest absolute Gasteiger partial charge is 0.396 e. The number of aliphatic hydroxyl groups is 2. The molecule has 17 heavy (non-hydrogen) atoms. The molecule has 0 radical (unpaired) electrons. The summed E-state index contributed by atoms with van der Waals surface area (Å²) in [5.41, 5.74) is 2.99. The minimum atomic E-state index is 0.193. The van der Waals surface area contributed by atoms with Crippen LogP contribution < -0.4 is 0 Å². The normalized spacial score (nSPS) is 39.0. The molecule has 0 aromatic heterocycles. The van der Waals surface area contributed by atoms with Gasteiger partial charge in [-0.15, -0.1) is 0 Å². The smallest absolute Gasteiger partial charge is 0.0641 e. The maximum Gasteiger partial charge on any atom is 0.0641 e. The molecule has 2 heteroatoms. The Morgan fingerprint density at radius 3 is 2.59 bits per heavy atom. The Hall–Kier alpha value is -0.340. The van der Waals surface area contributed by atoms with Crippen LogP contribution >= 0.6 is 0 Å². The first kappa shape index (κ1) is 13.1. The first-order valence-electron chi connectivity index (χ1n) is 6.89. The van der Waals surface area contributed by atoms with Crippen molar-refractivity contribution in [3.05, 3.63) is 11.1 Å². The van der Waals surface area contributed by atoms with Gasteiger partial charge in [0.1, 0.15) is 0 Å². The molecule has 2 fully saturated rings. The summed E-state index contributed by atoms with van der Waals surface area (Å²) in [4.78, 5) is 0. The maximum absolute atomic E-state index is 9.49. The van der Waals surface area contributed by atoms with E-state index in [1.54, 1.807) is 0 Å². The van der Waals surface area contributed by atoms with Gasteiger partial charge in [-0.2, -0.15) is 0 Å². The van der Waals surface area contributed by atoms with Gasteiger partial charge in [0.2, 0.25) is 0 Å². The second-order valence-corrected chi connectivity index (χ2v) is 6.80. The molecule has 0 saturated heterocycles. The van der Waals surface area contributed by atoms with Gasteiger partial charge in [-0.3, -0.25) is 0 Å². The fraction of sp³-hybridized carbons (Fsp3) is 0.867. The first-order valence-corrected chi connectivity index (χ1v) is 6.89. The van der Waals surface area contributed by atoms with Crippen molar-refractivity contribution in [1.82, 2.24) is 0 Å². The zero-order valence-corrected chi connectivity index (χ0v) is 11.4. The van der Waals surface area contributed by atoms with Gasteiger partial charge in [0.05, 0.1) is 6.61 Å². The molecule has 0 amide bonds. The summed E-state index contributed by atoms with van der Waals surface area (Å²) in [6.07, 6.45) is 4.71. The quantitative estimate of drug-likeness (QED) is 0.726. The molecule has 98 valence electrons. The lowest BCUT2D eigenvalue weighted by Crippen LogP contribution is -2.33. The van der Waals surface area contributed by atoms with Gasteiger partial charge < -0.3 is 10.2 Å². The van der Waals surface area contributed by atoms with Crippen LogP contribution in [-0.4, -0.2) is 23.4 Å². The molecule has 0 aliphatic heterocycles. The summed E-state index contributed by atoms with van der Waals surface area (Å²) in [5.74, 6) is 1.76. The lowest BCUT2D eigenvalue weighted by atomic mass is 9.63. The first-order chi connectivity index (χ1) is 7.98. The molecule has 2 N–H and O–H groups in total. The topological polar surface area (TPSA) is 40.5 Å². The summed E-state index contributed by atoms with van der Waals surface area (Å²) in [7, 11) is 0. The average Bonchev–Trinajstić information content (AvgIpc) is 2.68. The van der Waals surface area contributed by atoms with Crippen molar-refractivity contribution in [3.63, 3.8) is 0 Å². The number of allylic oxidation sites excluding steroid dienone is 1. The van der Waals surface area contributed by atoms with Gasteiger partial charge >= 0.3 is 0 Å². The molecule has 3 unspecified atom stereocenters. The summed E-state index contributed by atoms with van der Waals surface area (Å²) in [5, 5.41) is 18.9. The molecular weight excluding hydrogens is 212 g/mol. The van der Waals surface area contributed by atoms with Gasteiger partial charge in [0.15, 0.2) is 0 Å². The highest BCUT2D eigenvalue weighted by Gasteiger charge is 2.45. The molecule has 2 rings (SSSR count). The van der Waals surface area contributed by atoms with Crippen LogP contribution in [0.3, 0.4) is 0 Å². The molecule has 0 spiro atoms. The highest BCUT2D eigenvalue weighted by Crippen LogP contribution is 2.54. The van der Waals surface area contributed by atoms with Crippen molar-refractivity contribution in [3.8, 4) is 0 Å². The molecule has 0 aromatic rings. The van der Waals surface area contributed by atoms with Gasteiger partial charge in [0, 0.05) is 6.61 Å². The van der Waals surface area contributed by atoms with Crippen molar-refractivity contribution < 1.29 is 10.2 Å². The number of fused-ring (bicyclic) bond motifs is 1. The van der Waals surface area contributed by atoms with Gasteiger partial charge in [0.25, 0.3) is 0 Å². The molecule has 3 atom stereocenters. The van der Waals surface area contributed by atoms with E-state index in [2.05, 4.69) is 20.8 Å². The molecule has 2 aliphatic carbocycles. The van der Waals surface area contributed by atoms with Crippen molar-refractivity contribution in [2.75, 3.05) is 13.2 Å². The second kappa shape index (κ2) is 4.74. The van der Waals surface area contributed by atoms with E-state index in [-0.39, 0.29) is 6.61 Å². The molecule has 0 bridgehead atoms. The maximum atomic E-state index is 9.49. The predicted molar refractivity (Wildman–Crippen MR) is 69.6 cm³/mol. The monoisotopic (exact) mass is 238 g/mol. The lowest BCUT2D eigenvalue weighted by Gasteiger charge is -2.42. The second-order valence-electron chi connectivity index (χ2n) is 6.80. The van der Waals surface area contributed by atoms with Gasteiger partial charge in [-0.1, -0.05) is 19.4 Å². The zero-order valence-electron chi connectivity index (χ0n) is 11.4. The molecular formula is C15H26O2. The Bertz CT molecular complexity index is 317. The van der Waals surface area contributed by atoms with Crippen LogP contribution in [-0.2, 0) is 0 Å². The van der Waals surface area contributed by atoms with Crippen molar-refractivity contribution in [2.45, 2.75) is 46.5 Å². The van der Waals surface area contributed by atoms with Crippen LogP contribution in [0.1, 0.15) is 46.5 Å². The standard InChI is InChI=1S/C15H26O2/c1-10(8-16)13-6-15(2,3)7-14-11(9-17)4-5-12(13)14/h11-12,14,16-17H,4-9H2,1-3H3. The van der Waals surface area contributed by atoms with Crippen molar-refractivity contribution in [1.29, 1.82) is 0 Å². The SMILES string of the molecule is CC(CO)=C1CC(C)(C)CC2C(CO)CCC12. The molecule has 0 aromatic carbocycles. The summed E-state index contributed by atoms with van der Waals surface area (Å²) < 4.78 is 0. The van der Waals surface area contributed by atoms with E-state index in [4.69, 9.17) is 0 Å². The fourth-order valence-electron chi connectivity index (χ4n) is 4.04. The minimum Gasteiger partial charge on any atom is -0.396 e. The highest BCUT2D eigenvalue weighted by atomic mass is 16.3. The Kier molecular flexibility index (Phi) is 3.65. The molecule has 0 heterocycles. The molecule has 2 saturated carbocycles. The zero-order chi connectivity index (χ0) is 12.6. The van der Waals surface area contributed by atoms with Crippen LogP contribution in [0, 0.1) is 23.2 Å². The minimum absolute atomic E-state index is 0.193. The third-order valence-electron chi connectivity index (χ3n) is 4.90. The Balaban J connectivity index is 2.30. The van der Waals surface area contributed by atoms with E-state index in [1.807, 2.05) is 0 Å². The van der Waals surface area contributed by atoms with E-state index in [1.165, 1.54) is 24.0 Å². The third-order valence-corrected chi connectivity index (χ3v) is 4.90. The van der Waals surface area contributed by atoms with Crippen molar-refractivity contribution >= 4 is 0 Å². The molecule has 2 nitrogen and oxygen atoms in total. The van der Waals surface area contributed by atoms with E-state index >= 15 is 0 Å². The number of rotatable bonds is 2. The van der Waals surface area contributed by atoms with Crippen molar-refractivity contribution in [2.24, 2.45) is 23.2 Å². The number of aliphatic hydroxyl groups excluding tert-OH is 2. The Morgan fingerprint density at radius 1 is 1.29 bits per heavy atom. The van der Waals surface area contributed by atoms with Gasteiger partial charge in [-0.25, -0.2) is 0 Å². The summed E-state index contributed by atoms with van der Waals surface area (Å²) in [6, 6.07) is 0. The van der Waals surface area contributed by atoms with E-state index in [0.29, 0.717) is 29.8 Å². The van der Waals surface area contributed by atoms with Crippen LogP contribution in [0.4, 0.5) is 0 Å². The van der Waals surface area contributed by atoms with Crippen LogP contribution in [0.15, 0.2) is 11.1 Å². The number of hydrogen-bond donors (Lipinski definition) is 2. The third kappa shape index (κ3) is 2.43. The van der Waals surface area contributed by atoms with E-state index < -0.39 is 0 Å². The summed E-state index contributed by atoms with van der Waals surface area (Å²) in [6.45, 7) is 7.24. The summed E-state index contributed by atoms with van der Waals surface area (Å²) >= 11 is 0.